The van der Waals surface area contributed by atoms with Crippen LogP contribution in [0.4, 0.5) is 5.69 Å². The van der Waals surface area contributed by atoms with Crippen LogP contribution in [0, 0.1) is 21.4 Å². The molecule has 1 N–H and O–H groups in total. The van der Waals surface area contributed by atoms with Gasteiger partial charge in [-0.2, -0.15) is 5.26 Å². The second-order valence-corrected chi connectivity index (χ2v) is 3.72. The van der Waals surface area contributed by atoms with Crippen molar-refractivity contribution < 1.29 is 10.0 Å². The first-order valence-corrected chi connectivity index (χ1v) is 4.80. The van der Waals surface area contributed by atoms with Crippen LogP contribution < -0.4 is 0 Å². The van der Waals surface area contributed by atoms with E-state index in [9.17, 15) is 10.1 Å². The van der Waals surface area contributed by atoms with E-state index in [1.54, 1.807) is 19.1 Å². The maximum absolute atomic E-state index is 10.5. The second-order valence-electron chi connectivity index (χ2n) is 3.72. The van der Waals surface area contributed by atoms with E-state index in [4.69, 9.17) is 10.4 Å². The Morgan fingerprint density at radius 2 is 2.06 bits per heavy atom. The summed E-state index contributed by atoms with van der Waals surface area (Å²) in [5.74, 6) is 0. The van der Waals surface area contributed by atoms with Gasteiger partial charge >= 0.3 is 0 Å². The van der Waals surface area contributed by atoms with Crippen molar-refractivity contribution in [3.8, 4) is 6.07 Å². The van der Waals surface area contributed by atoms with E-state index in [-0.39, 0.29) is 12.3 Å². The molecule has 0 aliphatic rings. The molecule has 0 aliphatic carbocycles. The van der Waals surface area contributed by atoms with Gasteiger partial charge in [0.25, 0.3) is 5.69 Å². The van der Waals surface area contributed by atoms with Crippen molar-refractivity contribution >= 4 is 5.69 Å². The third kappa shape index (κ3) is 2.35. The van der Waals surface area contributed by atoms with Crippen molar-refractivity contribution in [2.75, 3.05) is 6.61 Å². The van der Waals surface area contributed by atoms with Crippen LogP contribution >= 0.6 is 0 Å². The van der Waals surface area contributed by atoms with Crippen molar-refractivity contribution in [3.05, 3.63) is 39.9 Å². The van der Waals surface area contributed by atoms with Gasteiger partial charge in [-0.05, 0) is 18.9 Å². The predicted molar refractivity (Wildman–Crippen MR) is 57.8 cm³/mol. The van der Waals surface area contributed by atoms with E-state index in [0.29, 0.717) is 12.0 Å². The zero-order valence-electron chi connectivity index (χ0n) is 8.88. The van der Waals surface area contributed by atoms with Gasteiger partial charge < -0.3 is 5.11 Å². The number of aliphatic hydroxyl groups is 1. The van der Waals surface area contributed by atoms with E-state index in [1.165, 1.54) is 12.1 Å². The first-order valence-electron chi connectivity index (χ1n) is 4.80. The van der Waals surface area contributed by atoms with E-state index >= 15 is 0 Å². The molecule has 0 saturated carbocycles. The number of benzene rings is 1. The molecular formula is C11H12N2O3. The van der Waals surface area contributed by atoms with Crippen LogP contribution in [0.3, 0.4) is 0 Å². The smallest absolute Gasteiger partial charge is 0.269 e. The molecule has 1 rings (SSSR count). The average Bonchev–Trinajstić information content (AvgIpc) is 2.29. The molecule has 0 aliphatic heterocycles. The van der Waals surface area contributed by atoms with Gasteiger partial charge in [0.15, 0.2) is 0 Å². The highest BCUT2D eigenvalue weighted by Gasteiger charge is 2.26. The summed E-state index contributed by atoms with van der Waals surface area (Å²) in [4.78, 5) is 9.97. The van der Waals surface area contributed by atoms with Crippen LogP contribution in [0.25, 0.3) is 0 Å². The van der Waals surface area contributed by atoms with Gasteiger partial charge in [-0.3, -0.25) is 10.1 Å². The van der Waals surface area contributed by atoms with Crippen molar-refractivity contribution in [1.29, 1.82) is 5.26 Å². The minimum Gasteiger partial charge on any atom is -0.396 e. The number of nitriles is 1. The van der Waals surface area contributed by atoms with E-state index in [2.05, 4.69) is 6.07 Å². The highest BCUT2D eigenvalue weighted by Crippen LogP contribution is 2.27. The fraction of sp³-hybridized carbons (Fsp3) is 0.364. The van der Waals surface area contributed by atoms with Crippen molar-refractivity contribution in [1.82, 2.24) is 0 Å². The van der Waals surface area contributed by atoms with Crippen LogP contribution in [-0.4, -0.2) is 16.6 Å². The molecule has 0 saturated heterocycles. The molecule has 1 aromatic carbocycles. The summed E-state index contributed by atoms with van der Waals surface area (Å²) in [5, 5.41) is 28.4. The summed E-state index contributed by atoms with van der Waals surface area (Å²) in [6, 6.07) is 7.95. The molecule has 1 atom stereocenters. The van der Waals surface area contributed by atoms with Gasteiger partial charge in [0, 0.05) is 18.7 Å². The van der Waals surface area contributed by atoms with Crippen molar-refractivity contribution in [2.24, 2.45) is 0 Å². The molecule has 0 fully saturated rings. The minimum absolute atomic E-state index is 0.00645. The second kappa shape index (κ2) is 4.73. The van der Waals surface area contributed by atoms with Crippen LogP contribution in [0.1, 0.15) is 18.9 Å². The lowest BCUT2D eigenvalue weighted by Crippen LogP contribution is -2.21. The molecule has 5 heteroatoms. The Morgan fingerprint density at radius 1 is 1.50 bits per heavy atom. The Hall–Kier alpha value is -1.93. The minimum atomic E-state index is -0.802. The number of nitrogens with zero attached hydrogens (tertiary/aromatic N) is 2. The lowest BCUT2D eigenvalue weighted by molar-refractivity contribution is -0.384. The lowest BCUT2D eigenvalue weighted by atomic mass is 9.81. The Morgan fingerprint density at radius 3 is 2.44 bits per heavy atom. The first-order chi connectivity index (χ1) is 7.53. The number of non-ortho nitro benzene ring substituents is 1. The average molecular weight is 220 g/mol. The largest absolute Gasteiger partial charge is 0.396 e. The fourth-order valence-electron chi connectivity index (χ4n) is 1.44. The maximum atomic E-state index is 10.5. The molecule has 0 spiro atoms. The monoisotopic (exact) mass is 220 g/mol. The van der Waals surface area contributed by atoms with E-state index in [1.807, 2.05) is 0 Å². The fourth-order valence-corrected chi connectivity index (χ4v) is 1.44. The third-order valence-corrected chi connectivity index (χ3v) is 2.57. The predicted octanol–water partition coefficient (Wildman–Crippen LogP) is 1.76. The lowest BCUT2D eigenvalue weighted by Gasteiger charge is -2.20. The van der Waals surface area contributed by atoms with Crippen LogP contribution in [0.5, 0.6) is 0 Å². The van der Waals surface area contributed by atoms with Crippen LogP contribution in [0.15, 0.2) is 24.3 Å². The molecule has 84 valence electrons. The number of hydrogen-bond acceptors (Lipinski definition) is 4. The third-order valence-electron chi connectivity index (χ3n) is 2.57. The maximum Gasteiger partial charge on any atom is 0.269 e. The topological polar surface area (TPSA) is 87.2 Å². The Balaban J connectivity index is 3.05. The number of rotatable bonds is 4. The number of hydrogen-bond donors (Lipinski definition) is 1. The summed E-state index contributed by atoms with van der Waals surface area (Å²) in [6.45, 7) is 1.60. The van der Waals surface area contributed by atoms with Crippen molar-refractivity contribution in [3.63, 3.8) is 0 Å². The molecule has 5 nitrogen and oxygen atoms in total. The standard InChI is InChI=1S/C11H12N2O3/c1-11(8-12,6-7-14)9-2-4-10(5-3-9)13(15)16/h2-5,14H,6-7H2,1H3. The Labute approximate surface area is 93.1 Å². The molecule has 16 heavy (non-hydrogen) atoms. The van der Waals surface area contributed by atoms with Gasteiger partial charge in [-0.1, -0.05) is 12.1 Å². The number of nitro benzene ring substituents is 1. The molecule has 0 amide bonds. The zero-order valence-corrected chi connectivity index (χ0v) is 8.88. The van der Waals surface area contributed by atoms with Gasteiger partial charge in [-0.15, -0.1) is 0 Å². The van der Waals surface area contributed by atoms with Gasteiger partial charge in [0.2, 0.25) is 0 Å². The number of aliphatic hydroxyl groups excluding tert-OH is 1. The summed E-state index contributed by atoms with van der Waals surface area (Å²) < 4.78 is 0. The number of nitro groups is 1. The van der Waals surface area contributed by atoms with Gasteiger partial charge in [0.05, 0.1) is 16.4 Å². The Bertz CT molecular complexity index is 422. The molecular weight excluding hydrogens is 208 g/mol. The van der Waals surface area contributed by atoms with Crippen molar-refractivity contribution in [2.45, 2.75) is 18.8 Å². The van der Waals surface area contributed by atoms with Crippen LogP contribution in [-0.2, 0) is 5.41 Å². The molecule has 0 aromatic heterocycles. The molecule has 0 heterocycles. The first kappa shape index (κ1) is 12.1. The summed E-state index contributed by atoms with van der Waals surface area (Å²) in [7, 11) is 0. The molecule has 1 aromatic rings. The summed E-state index contributed by atoms with van der Waals surface area (Å²) in [6.07, 6.45) is 0.307. The van der Waals surface area contributed by atoms with Gasteiger partial charge in [0.1, 0.15) is 0 Å². The van der Waals surface area contributed by atoms with E-state index < -0.39 is 10.3 Å². The SMILES string of the molecule is CC(C#N)(CCO)c1ccc([N+](=O)[O-])cc1. The zero-order chi connectivity index (χ0) is 12.2. The normalized spacial score (nSPS) is 13.8. The van der Waals surface area contributed by atoms with Crippen LogP contribution in [0.2, 0.25) is 0 Å². The summed E-state index contributed by atoms with van der Waals surface area (Å²) in [5.41, 5.74) is -0.133. The molecule has 0 radical (unpaired) electrons. The summed E-state index contributed by atoms with van der Waals surface area (Å²) >= 11 is 0. The molecule has 0 bridgehead atoms. The van der Waals surface area contributed by atoms with Gasteiger partial charge in [-0.25, -0.2) is 0 Å². The van der Waals surface area contributed by atoms with E-state index in [0.717, 1.165) is 0 Å². The highest BCUT2D eigenvalue weighted by atomic mass is 16.6. The molecule has 1 unspecified atom stereocenters. The highest BCUT2D eigenvalue weighted by molar-refractivity contribution is 5.39. The Kier molecular flexibility index (Phi) is 3.59. The quantitative estimate of drug-likeness (QED) is 0.618.